The van der Waals surface area contributed by atoms with Crippen molar-refractivity contribution in [3.63, 3.8) is 0 Å². The van der Waals surface area contributed by atoms with Crippen molar-refractivity contribution in [3.05, 3.63) is 0 Å². The minimum Gasteiger partial charge on any atom is -0.384 e. The highest BCUT2D eigenvalue weighted by molar-refractivity contribution is 4.75. The molecule has 0 rings (SSSR count). The van der Waals surface area contributed by atoms with Crippen molar-refractivity contribution in [2.24, 2.45) is 11.3 Å². The number of methoxy groups -OCH3 is 1. The number of rotatable bonds is 9. The Morgan fingerprint density at radius 3 is 2.27 bits per heavy atom. The lowest BCUT2D eigenvalue weighted by Crippen LogP contribution is -2.22. The first kappa shape index (κ1) is 14.9. The van der Waals surface area contributed by atoms with Crippen LogP contribution in [0.25, 0.3) is 0 Å². The van der Waals surface area contributed by atoms with Gasteiger partial charge in [-0.2, -0.15) is 0 Å². The molecular formula is C13H27FO. The molecule has 0 aliphatic heterocycles. The van der Waals surface area contributed by atoms with Gasteiger partial charge in [-0.1, -0.05) is 33.6 Å². The number of halogens is 1. The van der Waals surface area contributed by atoms with Crippen LogP contribution in [-0.4, -0.2) is 20.4 Å². The van der Waals surface area contributed by atoms with E-state index < -0.39 is 0 Å². The predicted molar refractivity (Wildman–Crippen MR) is 63.9 cm³/mol. The molecule has 92 valence electrons. The highest BCUT2D eigenvalue weighted by Crippen LogP contribution is 2.34. The summed E-state index contributed by atoms with van der Waals surface area (Å²) in [6, 6.07) is 0. The fraction of sp³-hybridized carbons (Fsp3) is 1.00. The molecule has 15 heavy (non-hydrogen) atoms. The highest BCUT2D eigenvalue weighted by atomic mass is 19.1. The summed E-state index contributed by atoms with van der Waals surface area (Å²) < 4.78 is 17.4. The Labute approximate surface area is 94.4 Å². The molecule has 0 heterocycles. The maximum atomic E-state index is 12.1. The molecule has 1 atom stereocenters. The average molecular weight is 218 g/mol. The lowest BCUT2D eigenvalue weighted by Gasteiger charge is -2.31. The largest absolute Gasteiger partial charge is 0.384 e. The molecule has 0 aromatic heterocycles. The fourth-order valence-electron chi connectivity index (χ4n) is 2.08. The van der Waals surface area contributed by atoms with Gasteiger partial charge in [0.2, 0.25) is 0 Å². The number of hydrogen-bond donors (Lipinski definition) is 0. The summed E-state index contributed by atoms with van der Waals surface area (Å²) in [6.45, 7) is 7.38. The Balaban J connectivity index is 4.11. The van der Waals surface area contributed by atoms with E-state index in [1.807, 2.05) is 0 Å². The standard InChI is InChI=1S/C13H27FO/c1-5-13(3,6-2)10-12(11-15-4)8-7-9-14/h12H,5-11H2,1-4H3/t12-/m0/s1. The molecule has 2 heteroatoms. The molecule has 0 aromatic rings. The molecule has 0 aliphatic rings. The van der Waals surface area contributed by atoms with Crippen LogP contribution in [0.3, 0.4) is 0 Å². The van der Waals surface area contributed by atoms with Gasteiger partial charge in [0.05, 0.1) is 6.67 Å². The molecule has 1 nitrogen and oxygen atoms in total. The first-order chi connectivity index (χ1) is 7.11. The van der Waals surface area contributed by atoms with Crippen LogP contribution in [0.4, 0.5) is 4.39 Å². The molecule has 0 amide bonds. The molecule has 0 aromatic carbocycles. The summed E-state index contributed by atoms with van der Waals surface area (Å²) in [7, 11) is 1.73. The van der Waals surface area contributed by atoms with E-state index in [0.717, 1.165) is 19.4 Å². The van der Waals surface area contributed by atoms with Gasteiger partial charge in [0.25, 0.3) is 0 Å². The summed E-state index contributed by atoms with van der Waals surface area (Å²) in [5.41, 5.74) is 0.402. The molecule has 0 radical (unpaired) electrons. The van der Waals surface area contributed by atoms with Gasteiger partial charge in [-0.25, -0.2) is 0 Å². The zero-order valence-electron chi connectivity index (χ0n) is 10.8. The van der Waals surface area contributed by atoms with Gasteiger partial charge in [-0.15, -0.1) is 0 Å². The molecule has 0 unspecified atom stereocenters. The van der Waals surface area contributed by atoms with Gasteiger partial charge in [0.15, 0.2) is 0 Å². The zero-order valence-corrected chi connectivity index (χ0v) is 10.8. The van der Waals surface area contributed by atoms with Crippen LogP contribution >= 0.6 is 0 Å². The van der Waals surface area contributed by atoms with Crippen molar-refractivity contribution >= 4 is 0 Å². The van der Waals surface area contributed by atoms with Gasteiger partial charge >= 0.3 is 0 Å². The average Bonchev–Trinajstić information content (AvgIpc) is 2.26. The van der Waals surface area contributed by atoms with Crippen molar-refractivity contribution < 1.29 is 9.13 Å². The van der Waals surface area contributed by atoms with E-state index in [2.05, 4.69) is 20.8 Å². The van der Waals surface area contributed by atoms with Crippen LogP contribution in [0.2, 0.25) is 0 Å². The third kappa shape index (κ3) is 6.14. The van der Waals surface area contributed by atoms with Crippen LogP contribution in [0.15, 0.2) is 0 Å². The molecule has 0 spiro atoms. The highest BCUT2D eigenvalue weighted by Gasteiger charge is 2.24. The van der Waals surface area contributed by atoms with E-state index in [1.54, 1.807) is 7.11 Å². The van der Waals surface area contributed by atoms with Crippen LogP contribution in [0.5, 0.6) is 0 Å². The minimum atomic E-state index is -0.199. The van der Waals surface area contributed by atoms with Crippen molar-refractivity contribution in [1.29, 1.82) is 0 Å². The van der Waals surface area contributed by atoms with Gasteiger partial charge in [0, 0.05) is 13.7 Å². The number of alkyl halides is 1. The fourth-order valence-corrected chi connectivity index (χ4v) is 2.08. The molecule has 0 saturated carbocycles. The van der Waals surface area contributed by atoms with Gasteiger partial charge in [-0.3, -0.25) is 4.39 Å². The Hall–Kier alpha value is -0.110. The second-order valence-corrected chi connectivity index (χ2v) is 4.87. The molecule has 0 aliphatic carbocycles. The Bertz CT molecular complexity index is 143. The van der Waals surface area contributed by atoms with E-state index in [0.29, 0.717) is 17.8 Å². The second-order valence-electron chi connectivity index (χ2n) is 4.87. The van der Waals surface area contributed by atoms with E-state index >= 15 is 0 Å². The quantitative estimate of drug-likeness (QED) is 0.563. The smallest absolute Gasteiger partial charge is 0.0894 e. The van der Waals surface area contributed by atoms with Gasteiger partial charge in [-0.05, 0) is 30.6 Å². The van der Waals surface area contributed by atoms with Crippen LogP contribution in [0.1, 0.15) is 52.9 Å². The first-order valence-electron chi connectivity index (χ1n) is 6.16. The Morgan fingerprint density at radius 2 is 1.87 bits per heavy atom. The predicted octanol–water partition coefficient (Wildman–Crippen LogP) is 4.22. The molecule has 0 saturated heterocycles. The summed E-state index contributed by atoms with van der Waals surface area (Å²) in [5, 5.41) is 0. The normalized spacial score (nSPS) is 14.2. The lowest BCUT2D eigenvalue weighted by atomic mass is 9.76. The summed E-state index contributed by atoms with van der Waals surface area (Å²) >= 11 is 0. The molecule has 0 bridgehead atoms. The number of ether oxygens (including phenoxy) is 1. The van der Waals surface area contributed by atoms with E-state index in [4.69, 9.17) is 4.74 Å². The maximum absolute atomic E-state index is 12.1. The van der Waals surface area contributed by atoms with Crippen molar-refractivity contribution in [3.8, 4) is 0 Å². The summed E-state index contributed by atoms with van der Waals surface area (Å²) in [6.07, 6.45) is 5.18. The third-order valence-electron chi connectivity index (χ3n) is 3.64. The molecular weight excluding hydrogens is 191 g/mol. The van der Waals surface area contributed by atoms with Gasteiger partial charge < -0.3 is 4.74 Å². The molecule has 0 N–H and O–H groups in total. The summed E-state index contributed by atoms with van der Waals surface area (Å²) in [5.74, 6) is 0.524. The van der Waals surface area contributed by atoms with Crippen LogP contribution in [0, 0.1) is 11.3 Å². The van der Waals surface area contributed by atoms with Crippen LogP contribution in [-0.2, 0) is 4.74 Å². The number of hydrogen-bond acceptors (Lipinski definition) is 1. The Kier molecular flexibility index (Phi) is 8.03. The lowest BCUT2D eigenvalue weighted by molar-refractivity contribution is 0.105. The van der Waals surface area contributed by atoms with Crippen molar-refractivity contribution in [2.45, 2.75) is 52.9 Å². The van der Waals surface area contributed by atoms with Crippen molar-refractivity contribution in [2.75, 3.05) is 20.4 Å². The topological polar surface area (TPSA) is 9.23 Å². The van der Waals surface area contributed by atoms with Crippen molar-refractivity contribution in [1.82, 2.24) is 0 Å². The van der Waals surface area contributed by atoms with E-state index in [9.17, 15) is 4.39 Å². The zero-order chi connectivity index (χ0) is 11.7. The van der Waals surface area contributed by atoms with Gasteiger partial charge in [0.1, 0.15) is 0 Å². The maximum Gasteiger partial charge on any atom is 0.0894 e. The van der Waals surface area contributed by atoms with E-state index in [1.165, 1.54) is 12.8 Å². The first-order valence-corrected chi connectivity index (χ1v) is 6.16. The minimum absolute atomic E-state index is 0.199. The van der Waals surface area contributed by atoms with E-state index in [-0.39, 0.29) is 6.67 Å². The molecule has 0 fully saturated rings. The summed E-state index contributed by atoms with van der Waals surface area (Å²) in [4.78, 5) is 0. The van der Waals surface area contributed by atoms with Crippen LogP contribution < -0.4 is 0 Å². The second kappa shape index (κ2) is 8.09. The Morgan fingerprint density at radius 1 is 1.27 bits per heavy atom. The third-order valence-corrected chi connectivity index (χ3v) is 3.64. The monoisotopic (exact) mass is 218 g/mol. The SMILES string of the molecule is CCC(C)(CC)C[C@H](CCCF)COC.